The number of benzene rings is 2. The van der Waals surface area contributed by atoms with Crippen molar-refractivity contribution in [1.82, 2.24) is 9.80 Å². The molecular weight excluding hydrogens is 338 g/mol. The van der Waals surface area contributed by atoms with E-state index in [0.717, 1.165) is 48.9 Å². The normalized spacial score (nSPS) is 17.4. The van der Waals surface area contributed by atoms with E-state index in [0.29, 0.717) is 0 Å². The molecule has 0 bridgehead atoms. The van der Waals surface area contributed by atoms with Crippen LogP contribution in [0.25, 0.3) is 0 Å². The van der Waals surface area contributed by atoms with Crippen molar-refractivity contribution in [3.63, 3.8) is 0 Å². The first-order chi connectivity index (χ1) is 12.0. The Balaban J connectivity index is 1.58. The van der Waals surface area contributed by atoms with Crippen LogP contribution in [0.1, 0.15) is 24.1 Å². The summed E-state index contributed by atoms with van der Waals surface area (Å²) in [7, 11) is 0. The van der Waals surface area contributed by atoms with E-state index in [2.05, 4.69) is 22.8 Å². The summed E-state index contributed by atoms with van der Waals surface area (Å²) in [5, 5.41) is 11.7. The van der Waals surface area contributed by atoms with Gasteiger partial charge in [0.2, 0.25) is 0 Å². The molecule has 0 spiro atoms. The van der Waals surface area contributed by atoms with Gasteiger partial charge in [-0.15, -0.1) is 0 Å². The van der Waals surface area contributed by atoms with Crippen molar-refractivity contribution in [2.45, 2.75) is 19.5 Å². The maximum absolute atomic E-state index is 10.9. The molecule has 1 atom stereocenters. The van der Waals surface area contributed by atoms with E-state index >= 15 is 0 Å². The highest BCUT2D eigenvalue weighted by Gasteiger charge is 2.23. The van der Waals surface area contributed by atoms with Gasteiger partial charge in [0.25, 0.3) is 5.69 Å². The lowest BCUT2D eigenvalue weighted by molar-refractivity contribution is -0.384. The van der Waals surface area contributed by atoms with Crippen LogP contribution < -0.4 is 0 Å². The number of hydrogen-bond acceptors (Lipinski definition) is 4. The molecule has 1 unspecified atom stereocenters. The van der Waals surface area contributed by atoms with E-state index in [9.17, 15) is 10.1 Å². The van der Waals surface area contributed by atoms with Crippen LogP contribution in [0, 0.1) is 10.1 Å². The molecule has 1 saturated heterocycles. The molecule has 3 rings (SSSR count). The van der Waals surface area contributed by atoms with E-state index in [-0.39, 0.29) is 16.7 Å². The molecule has 25 heavy (non-hydrogen) atoms. The highest BCUT2D eigenvalue weighted by molar-refractivity contribution is 6.31. The third kappa shape index (κ3) is 4.37. The largest absolute Gasteiger partial charge is 0.297 e. The molecule has 1 aliphatic rings. The average molecular weight is 360 g/mol. The molecular formula is C19H22ClN3O2. The predicted molar refractivity (Wildman–Crippen MR) is 99.8 cm³/mol. The third-order valence-corrected chi connectivity index (χ3v) is 5.18. The van der Waals surface area contributed by atoms with Crippen LogP contribution in [0.5, 0.6) is 0 Å². The molecule has 5 nitrogen and oxygen atoms in total. The molecule has 1 fully saturated rings. The Morgan fingerprint density at radius 1 is 1.12 bits per heavy atom. The Bertz CT molecular complexity index is 745. The summed E-state index contributed by atoms with van der Waals surface area (Å²) >= 11 is 6.32. The van der Waals surface area contributed by atoms with Crippen molar-refractivity contribution in [1.29, 1.82) is 0 Å². The number of nitrogens with zero attached hydrogens (tertiary/aromatic N) is 3. The van der Waals surface area contributed by atoms with Crippen LogP contribution in [0.2, 0.25) is 5.02 Å². The molecule has 132 valence electrons. The molecule has 1 heterocycles. The molecule has 0 aliphatic carbocycles. The summed E-state index contributed by atoms with van der Waals surface area (Å²) in [5.41, 5.74) is 2.31. The van der Waals surface area contributed by atoms with Gasteiger partial charge in [0.15, 0.2) is 0 Å². The first kappa shape index (κ1) is 17.9. The summed E-state index contributed by atoms with van der Waals surface area (Å²) < 4.78 is 0. The number of halogens is 1. The highest BCUT2D eigenvalue weighted by atomic mass is 35.5. The lowest BCUT2D eigenvalue weighted by atomic mass is 10.1. The van der Waals surface area contributed by atoms with Gasteiger partial charge in [0.1, 0.15) is 0 Å². The van der Waals surface area contributed by atoms with Crippen molar-refractivity contribution in [2.24, 2.45) is 0 Å². The van der Waals surface area contributed by atoms with Crippen LogP contribution in [0.15, 0.2) is 48.5 Å². The Kier molecular flexibility index (Phi) is 5.68. The molecule has 0 aromatic heterocycles. The Morgan fingerprint density at radius 3 is 2.52 bits per heavy atom. The number of rotatable bonds is 5. The fraction of sp³-hybridized carbons (Fsp3) is 0.368. The van der Waals surface area contributed by atoms with Crippen molar-refractivity contribution in [2.75, 3.05) is 26.2 Å². The second-order valence-electron chi connectivity index (χ2n) is 6.44. The fourth-order valence-electron chi connectivity index (χ4n) is 3.35. The zero-order valence-electron chi connectivity index (χ0n) is 14.3. The highest BCUT2D eigenvalue weighted by Crippen LogP contribution is 2.28. The van der Waals surface area contributed by atoms with Gasteiger partial charge < -0.3 is 0 Å². The van der Waals surface area contributed by atoms with Crippen LogP contribution in [0.3, 0.4) is 0 Å². The molecule has 6 heteroatoms. The zero-order valence-corrected chi connectivity index (χ0v) is 15.0. The minimum atomic E-state index is -0.341. The van der Waals surface area contributed by atoms with Crippen LogP contribution in [-0.4, -0.2) is 40.9 Å². The summed E-state index contributed by atoms with van der Waals surface area (Å²) in [4.78, 5) is 15.3. The van der Waals surface area contributed by atoms with Gasteiger partial charge in [-0.3, -0.25) is 19.9 Å². The number of nitro groups is 1. The minimum absolute atomic E-state index is 0.156. The molecule has 1 aliphatic heterocycles. The monoisotopic (exact) mass is 359 g/mol. The Hall–Kier alpha value is -1.95. The number of piperazine rings is 1. The van der Waals surface area contributed by atoms with Crippen molar-refractivity contribution < 1.29 is 4.92 Å². The van der Waals surface area contributed by atoms with Gasteiger partial charge in [-0.1, -0.05) is 41.9 Å². The quantitative estimate of drug-likeness (QED) is 0.595. The Morgan fingerprint density at radius 2 is 1.84 bits per heavy atom. The molecule has 2 aromatic rings. The van der Waals surface area contributed by atoms with Crippen LogP contribution in [0.4, 0.5) is 5.69 Å². The number of hydrogen-bond donors (Lipinski definition) is 0. The van der Waals surface area contributed by atoms with E-state index in [4.69, 9.17) is 11.6 Å². The number of nitro benzene ring substituents is 1. The van der Waals surface area contributed by atoms with Gasteiger partial charge in [-0.25, -0.2) is 0 Å². The van der Waals surface area contributed by atoms with Crippen molar-refractivity contribution in [3.8, 4) is 0 Å². The first-order valence-electron chi connectivity index (χ1n) is 8.49. The van der Waals surface area contributed by atoms with E-state index in [1.54, 1.807) is 12.1 Å². The summed E-state index contributed by atoms with van der Waals surface area (Å²) in [6.07, 6.45) is 0. The smallest absolute Gasteiger partial charge is 0.269 e. The van der Waals surface area contributed by atoms with Gasteiger partial charge in [0, 0.05) is 55.9 Å². The average Bonchev–Trinajstić information content (AvgIpc) is 2.62. The summed E-state index contributed by atoms with van der Waals surface area (Å²) in [6.45, 7) is 6.74. The van der Waals surface area contributed by atoms with Crippen molar-refractivity contribution in [3.05, 3.63) is 74.8 Å². The number of non-ortho nitro benzene ring substituents is 1. The molecule has 0 saturated carbocycles. The third-order valence-electron chi connectivity index (χ3n) is 4.84. The molecule has 0 N–H and O–H groups in total. The topological polar surface area (TPSA) is 49.6 Å². The lowest BCUT2D eigenvalue weighted by Crippen LogP contribution is -2.46. The van der Waals surface area contributed by atoms with Gasteiger partial charge in [0.05, 0.1) is 4.92 Å². The molecule has 2 aromatic carbocycles. The van der Waals surface area contributed by atoms with E-state index in [1.807, 2.05) is 24.3 Å². The summed E-state index contributed by atoms with van der Waals surface area (Å²) in [5.74, 6) is 0. The summed E-state index contributed by atoms with van der Waals surface area (Å²) in [6, 6.07) is 15.2. The second kappa shape index (κ2) is 7.95. The van der Waals surface area contributed by atoms with E-state index in [1.165, 1.54) is 6.07 Å². The minimum Gasteiger partial charge on any atom is -0.297 e. The lowest BCUT2D eigenvalue weighted by Gasteiger charge is -2.38. The Labute approximate surface area is 153 Å². The van der Waals surface area contributed by atoms with Crippen molar-refractivity contribution >= 4 is 17.3 Å². The standard InChI is InChI=1S/C19H22ClN3O2/c1-15(18-7-2-3-8-19(18)20)22-11-9-21(10-12-22)14-16-5-4-6-17(13-16)23(24)25/h2-8,13,15H,9-12,14H2,1H3. The first-order valence-corrected chi connectivity index (χ1v) is 8.86. The zero-order chi connectivity index (χ0) is 17.8. The molecule has 0 amide bonds. The fourth-order valence-corrected chi connectivity index (χ4v) is 3.64. The molecule has 0 radical (unpaired) electrons. The van der Waals surface area contributed by atoms with Gasteiger partial charge in [-0.05, 0) is 24.1 Å². The maximum atomic E-state index is 10.9. The van der Waals surface area contributed by atoms with Crippen LogP contribution in [-0.2, 0) is 6.54 Å². The van der Waals surface area contributed by atoms with Crippen LogP contribution >= 0.6 is 11.6 Å². The van der Waals surface area contributed by atoms with Gasteiger partial charge in [-0.2, -0.15) is 0 Å². The van der Waals surface area contributed by atoms with Gasteiger partial charge >= 0.3 is 0 Å². The second-order valence-corrected chi connectivity index (χ2v) is 6.84. The predicted octanol–water partition coefficient (Wildman–Crippen LogP) is 4.13. The van der Waals surface area contributed by atoms with E-state index < -0.39 is 0 Å². The maximum Gasteiger partial charge on any atom is 0.269 e. The SMILES string of the molecule is CC(c1ccccc1Cl)N1CCN(Cc2cccc([N+](=O)[O-])c2)CC1.